The minimum absolute atomic E-state index is 0.121. The van der Waals surface area contributed by atoms with Crippen molar-refractivity contribution in [3.8, 4) is 0 Å². The van der Waals surface area contributed by atoms with E-state index in [1.54, 1.807) is 80.0 Å². The molecule has 3 heterocycles. The van der Waals surface area contributed by atoms with E-state index in [2.05, 4.69) is 36.6 Å². The number of amides is 6. The molecule has 0 bridgehead atoms. The number of pyridine rings is 1. The van der Waals surface area contributed by atoms with Crippen LogP contribution in [-0.2, 0) is 14.4 Å². The van der Waals surface area contributed by atoms with E-state index in [1.807, 2.05) is 138 Å². The Morgan fingerprint density at radius 2 is 1.08 bits per heavy atom. The molecule has 2 aliphatic heterocycles. The van der Waals surface area contributed by atoms with Crippen LogP contribution >= 0.6 is 0 Å². The van der Waals surface area contributed by atoms with Gasteiger partial charge in [0.15, 0.2) is 11.6 Å². The zero-order chi connectivity index (χ0) is 53.9. The fourth-order valence-corrected chi connectivity index (χ4v) is 8.46. The molecule has 6 amide bonds. The zero-order valence-electron chi connectivity index (χ0n) is 43.0. The number of fused-ring (bicyclic) bond motifs is 2. The number of anilines is 5. The molecule has 0 spiro atoms. The average molecular weight is 1020 g/mol. The number of nitrogens with zero attached hydrogens (tertiary/aromatic N) is 5. The number of aliphatic imine (C=N–C) groups is 2. The molecular formula is C60H58N10O6. The smallest absolute Gasteiger partial charge is 0.321 e. The third-order valence-corrected chi connectivity index (χ3v) is 12.5. The van der Waals surface area contributed by atoms with Gasteiger partial charge in [0.1, 0.15) is 0 Å². The quantitative estimate of drug-likeness (QED) is 0.0744. The maximum atomic E-state index is 14.0. The molecule has 0 aliphatic carbocycles. The topological polar surface area (TPSA) is 207 Å². The first-order chi connectivity index (χ1) is 36.6. The van der Waals surface area contributed by atoms with Gasteiger partial charge in [-0.25, -0.2) is 19.6 Å². The molecule has 2 atom stereocenters. The monoisotopic (exact) mass is 1010 g/mol. The molecule has 0 saturated carbocycles. The normalized spacial score (nSPS) is 14.9. The number of aromatic nitrogens is 1. The molecule has 384 valence electrons. The van der Waals surface area contributed by atoms with Gasteiger partial charge in [0.2, 0.25) is 12.3 Å². The number of benzene rings is 6. The summed E-state index contributed by atoms with van der Waals surface area (Å²) in [4.78, 5) is 97.0. The van der Waals surface area contributed by atoms with Gasteiger partial charge in [-0.15, -0.1) is 0 Å². The molecule has 6 aromatic carbocycles. The number of hydrogen-bond acceptors (Lipinski definition) is 10. The van der Waals surface area contributed by atoms with E-state index in [0.29, 0.717) is 56.6 Å². The van der Waals surface area contributed by atoms with E-state index < -0.39 is 41.6 Å². The van der Waals surface area contributed by atoms with E-state index in [-0.39, 0.29) is 24.7 Å². The van der Waals surface area contributed by atoms with Crippen LogP contribution in [0.2, 0.25) is 0 Å². The largest absolute Gasteiger partial charge is 0.388 e. The maximum absolute atomic E-state index is 14.0. The highest BCUT2D eigenvalue weighted by atomic mass is 16.2. The summed E-state index contributed by atoms with van der Waals surface area (Å²) in [6, 6.07) is 50.1. The summed E-state index contributed by atoms with van der Waals surface area (Å²) in [6.45, 7) is 8.85. The second-order valence-corrected chi connectivity index (χ2v) is 19.0. The van der Waals surface area contributed by atoms with Gasteiger partial charge in [-0.2, -0.15) is 0 Å². The van der Waals surface area contributed by atoms with Gasteiger partial charge in [0.05, 0.1) is 41.6 Å². The minimum atomic E-state index is -1.29. The number of carbonyl (C=O) groups is 6. The Morgan fingerprint density at radius 3 is 1.67 bits per heavy atom. The molecule has 16 heteroatoms. The van der Waals surface area contributed by atoms with Crippen LogP contribution in [0.1, 0.15) is 64.6 Å². The third kappa shape index (κ3) is 12.6. The van der Waals surface area contributed by atoms with Crippen LogP contribution < -0.4 is 36.4 Å². The van der Waals surface area contributed by atoms with Crippen molar-refractivity contribution in [3.63, 3.8) is 0 Å². The van der Waals surface area contributed by atoms with Gasteiger partial charge in [-0.1, -0.05) is 136 Å². The second kappa shape index (κ2) is 23.5. The first-order valence-corrected chi connectivity index (χ1v) is 24.6. The fourth-order valence-electron chi connectivity index (χ4n) is 8.46. The molecule has 9 rings (SSSR count). The number of aryl methyl sites for hydroxylation is 2. The number of para-hydroxylation sites is 2. The predicted octanol–water partition coefficient (Wildman–Crippen LogP) is 9.59. The summed E-state index contributed by atoms with van der Waals surface area (Å²) in [5.74, 6) is -1.35. The van der Waals surface area contributed by atoms with Gasteiger partial charge in [-0.05, 0) is 79.6 Å². The van der Waals surface area contributed by atoms with Crippen LogP contribution in [0.4, 0.5) is 38.0 Å². The van der Waals surface area contributed by atoms with Crippen LogP contribution in [0.25, 0.3) is 0 Å². The molecule has 2 aliphatic rings. The van der Waals surface area contributed by atoms with Crippen molar-refractivity contribution in [1.29, 1.82) is 0 Å². The average Bonchev–Trinajstić information content (AvgIpc) is 3.61. The number of Topliss-reactive ketones (excluding diaryl/α,β-unsaturated/α-hetero) is 2. The summed E-state index contributed by atoms with van der Waals surface area (Å²) in [7, 11) is 1.78. The highest BCUT2D eigenvalue weighted by Gasteiger charge is 2.37. The number of benzodiazepines with no additional fused rings is 2. The van der Waals surface area contributed by atoms with Crippen molar-refractivity contribution in [2.24, 2.45) is 15.4 Å². The molecule has 0 fully saturated rings. The Morgan fingerprint density at radius 1 is 0.553 bits per heavy atom. The lowest BCUT2D eigenvalue weighted by Gasteiger charge is -2.28. The van der Waals surface area contributed by atoms with Gasteiger partial charge in [-0.3, -0.25) is 24.2 Å². The van der Waals surface area contributed by atoms with Gasteiger partial charge >= 0.3 is 12.1 Å². The zero-order valence-corrected chi connectivity index (χ0v) is 43.0. The number of hydrogen-bond donors (Lipinski definition) is 5. The third-order valence-electron chi connectivity index (χ3n) is 12.5. The summed E-state index contributed by atoms with van der Waals surface area (Å²) < 4.78 is 0. The van der Waals surface area contributed by atoms with Crippen LogP contribution in [0.5, 0.6) is 0 Å². The molecule has 16 nitrogen and oxygen atoms in total. The van der Waals surface area contributed by atoms with E-state index in [1.165, 1.54) is 9.80 Å². The predicted molar refractivity (Wildman–Crippen MR) is 299 cm³/mol. The van der Waals surface area contributed by atoms with E-state index in [4.69, 9.17) is 4.99 Å². The van der Waals surface area contributed by atoms with Crippen molar-refractivity contribution >= 4 is 75.3 Å². The van der Waals surface area contributed by atoms with Crippen molar-refractivity contribution in [2.75, 3.05) is 45.9 Å². The number of carbonyl (C=O) groups excluding carboxylic acids is 6. The first-order valence-electron chi connectivity index (χ1n) is 24.6. The highest BCUT2D eigenvalue weighted by Crippen LogP contribution is 2.31. The maximum Gasteiger partial charge on any atom is 0.321 e. The van der Waals surface area contributed by atoms with Gasteiger partial charge in [0.25, 0.3) is 11.8 Å². The summed E-state index contributed by atoms with van der Waals surface area (Å²) in [5, 5.41) is 13.9. The Balaban J connectivity index is 0.000000202. The molecule has 0 unspecified atom stereocenters. The Labute approximate surface area is 441 Å². The molecule has 0 radical (unpaired) electrons. The summed E-state index contributed by atoms with van der Waals surface area (Å²) in [6.07, 6.45) is -0.912. The van der Waals surface area contributed by atoms with Crippen LogP contribution in [0, 0.1) is 19.3 Å². The fraction of sp³-hybridized carbons (Fsp3) is 0.183. The lowest BCUT2D eigenvalue weighted by atomic mass is 9.90. The lowest BCUT2D eigenvalue weighted by Crippen LogP contribution is -2.50. The molecule has 1 aromatic heterocycles. The van der Waals surface area contributed by atoms with Crippen LogP contribution in [-0.4, -0.2) is 84.3 Å². The summed E-state index contributed by atoms with van der Waals surface area (Å²) >= 11 is 0. The van der Waals surface area contributed by atoms with Crippen LogP contribution in [0.15, 0.2) is 186 Å². The number of rotatable bonds is 12. The van der Waals surface area contributed by atoms with Crippen molar-refractivity contribution in [2.45, 2.75) is 47.0 Å². The van der Waals surface area contributed by atoms with Crippen molar-refractivity contribution < 1.29 is 28.8 Å². The Hall–Kier alpha value is -9.57. The lowest BCUT2D eigenvalue weighted by molar-refractivity contribution is -0.127. The van der Waals surface area contributed by atoms with Gasteiger partial charge in [0, 0.05) is 58.0 Å². The molecule has 5 N–H and O–H groups in total. The van der Waals surface area contributed by atoms with Gasteiger partial charge < -0.3 is 36.4 Å². The molecule has 7 aromatic rings. The molecular weight excluding hydrogens is 957 g/mol. The number of ketones is 2. The number of urea groups is 2. The Kier molecular flexibility index (Phi) is 16.3. The van der Waals surface area contributed by atoms with E-state index in [0.717, 1.165) is 22.4 Å². The standard InChI is InChI=1S/C32H28N4O3.C28H30N6O3/c1-21-11-10-15-24(19-21)33-32(39)35-30-31(38)36(20-28(37)25-16-7-6-12-22(25)2)27-18-9-8-17-26(27)29(34-30)23-13-4-3-5-14-23;1-28(2,3)23(35)17-34-22-14-6-5-12-20(22)24(21-13-7-8-15-30-21)32-25(26(34)36)33-27(37)31-19-11-9-10-18(16-19)29-4/h3-19,30H,20H2,1-2H3,(H2,33,35,39);5-16,25,29H,17H2,1-4H3,(H2,31,33,37)/t30-;25-/m00/s1. The molecule has 76 heavy (non-hydrogen) atoms. The van der Waals surface area contributed by atoms with Crippen molar-refractivity contribution in [1.82, 2.24) is 15.6 Å². The minimum Gasteiger partial charge on any atom is -0.388 e. The first kappa shape index (κ1) is 52.7. The SMILES string of the molecule is CNc1cccc(NC(=O)N[C@@H]2N=C(c3ccccn3)c3ccccc3N(CC(=O)C(C)(C)C)C2=O)c1.Cc1cccc(NC(=O)N[C@@H]2N=C(c3ccccc3)c3ccccc3N(CC(=O)c3ccccc3C)C2=O)c1. The number of nitrogens with one attached hydrogen (secondary N) is 5. The molecule has 0 saturated heterocycles. The summed E-state index contributed by atoms with van der Waals surface area (Å²) in [5.41, 5.74) is 8.38. The van der Waals surface area contributed by atoms with Crippen LogP contribution in [0.3, 0.4) is 0 Å². The highest BCUT2D eigenvalue weighted by molar-refractivity contribution is 6.22. The van der Waals surface area contributed by atoms with E-state index >= 15 is 0 Å². The van der Waals surface area contributed by atoms with Crippen molar-refractivity contribution in [3.05, 3.63) is 215 Å². The Bertz CT molecular complexity index is 3370. The second-order valence-electron chi connectivity index (χ2n) is 19.0. The van der Waals surface area contributed by atoms with E-state index in [9.17, 15) is 28.8 Å².